The maximum absolute atomic E-state index is 14.8. The number of carbonyl (C=O) groups excluding carboxylic acids is 3. The van der Waals surface area contributed by atoms with Crippen LogP contribution < -0.4 is 24.4 Å². The summed E-state index contributed by atoms with van der Waals surface area (Å²) in [6.07, 6.45) is 4.45. The number of ketones is 1. The van der Waals surface area contributed by atoms with Crippen LogP contribution in [-0.4, -0.2) is 139 Å². The topological polar surface area (TPSA) is 287 Å². The van der Waals surface area contributed by atoms with Gasteiger partial charge in [0.1, 0.15) is 53.3 Å². The van der Waals surface area contributed by atoms with Crippen molar-refractivity contribution in [3.05, 3.63) is 93.4 Å². The van der Waals surface area contributed by atoms with Crippen LogP contribution >= 0.6 is 0 Å². The number of esters is 1. The molecule has 1 saturated heterocycles. The second-order valence-electron chi connectivity index (χ2n) is 20.3. The van der Waals surface area contributed by atoms with Crippen LogP contribution in [0.3, 0.4) is 0 Å². The lowest BCUT2D eigenvalue weighted by atomic mass is 9.78. The van der Waals surface area contributed by atoms with E-state index in [0.29, 0.717) is 31.9 Å². The highest BCUT2D eigenvalue weighted by atomic mass is 16.7. The Morgan fingerprint density at radius 1 is 0.947 bits per heavy atom. The molecule has 22 nitrogen and oxygen atoms in total. The van der Waals surface area contributed by atoms with Crippen LogP contribution in [0.25, 0.3) is 10.8 Å². The van der Waals surface area contributed by atoms with E-state index in [2.05, 4.69) is 15.2 Å². The first-order valence-corrected chi connectivity index (χ1v) is 25.2. The minimum atomic E-state index is -2.08. The molecule has 0 radical (unpaired) electrons. The number of hydrogen-bond donors (Lipinski definition) is 6. The first kappa shape index (κ1) is 54.8. The third kappa shape index (κ3) is 10.7. The summed E-state index contributed by atoms with van der Waals surface area (Å²) >= 11 is 0. The van der Waals surface area contributed by atoms with E-state index in [1.807, 2.05) is 24.3 Å². The number of phenols is 3. The van der Waals surface area contributed by atoms with Gasteiger partial charge < -0.3 is 74.3 Å². The lowest BCUT2D eigenvalue weighted by molar-refractivity contribution is -0.389. The first-order valence-electron chi connectivity index (χ1n) is 25.2. The Kier molecular flexibility index (Phi) is 15.9. The van der Waals surface area contributed by atoms with E-state index in [9.17, 15) is 50.0 Å². The highest BCUT2D eigenvalue weighted by Gasteiger charge is 2.50. The Bertz CT molecular complexity index is 2960. The van der Waals surface area contributed by atoms with Crippen LogP contribution in [0, 0.1) is 40.7 Å². The predicted octanol–water partition coefficient (Wildman–Crippen LogP) is 6.02. The standard InChI is InChI=1S/C54H66N6O16/c1-27-11-10-12-28(2)52(68)56-42-43(58-20-18-57(19-21-58)23-34-13-15-35(16-14-34)72-26-36-24-59-25-38(60(69)70)55-53(59)75-36)48(66)39-40(47(42)65)46(64)32(6)50-41(39)51(67)54(8,76-50)73-22-17-37(71-9)29(3)49(74-33(7)61)31(5)45(63)30(4)44(27)62/h10-17,22,25,27,29-31,36-37,44-45,49,62-66H,18-21,23-24,26H2,1-9H3,(H,56,68)/b11-10+,22-17+,28-12-/t27-,29+,30+,31+,36?,37-,44-,45+,49+,54-/m0/s1. The number of methoxy groups -OCH3 is 1. The number of aromatic nitrogens is 2. The van der Waals surface area contributed by atoms with Crippen molar-refractivity contribution in [1.82, 2.24) is 14.5 Å². The average molecular weight is 1060 g/mol. The molecule has 1 amide bonds. The van der Waals surface area contributed by atoms with Gasteiger partial charge in [-0.05, 0) is 42.5 Å². The van der Waals surface area contributed by atoms with Gasteiger partial charge in [0.25, 0.3) is 11.7 Å². The van der Waals surface area contributed by atoms with E-state index in [0.717, 1.165) is 5.56 Å². The van der Waals surface area contributed by atoms with Gasteiger partial charge in [-0.2, -0.15) is 0 Å². The molecule has 9 rings (SSSR count). The van der Waals surface area contributed by atoms with Crippen LogP contribution in [0.4, 0.5) is 17.2 Å². The zero-order valence-electron chi connectivity index (χ0n) is 43.9. The van der Waals surface area contributed by atoms with Gasteiger partial charge in [0.15, 0.2) is 11.9 Å². The summed E-state index contributed by atoms with van der Waals surface area (Å²) < 4.78 is 37.1. The second-order valence-corrected chi connectivity index (χ2v) is 20.3. The lowest BCUT2D eigenvalue weighted by Crippen LogP contribution is -2.46. The fourth-order valence-corrected chi connectivity index (χ4v) is 10.5. The molecule has 3 aromatic carbocycles. The number of allylic oxidation sites excluding steroid dienone is 2. The van der Waals surface area contributed by atoms with Gasteiger partial charge in [0.2, 0.25) is 0 Å². The SMILES string of the molecule is CO[C@H]1/C=C/O[C@@]2(C)Oc3c(C)c(O)c4c(O)c(c(N5CCN(Cc6ccc(OCC7Cn8cc([N+](=O)[O-])nc8O7)cc6)CC5)c(O)c4c3C2=O)NC(=O)/C(C)=C\C=C\[C@H](C)[C@H](O)[C@@H](C)[C@@H](O)[C@@H](C)[C@H](OC(C)=O)[C@@H]1C. The summed E-state index contributed by atoms with van der Waals surface area (Å²) in [5.41, 5.74) is 0.795. The maximum Gasteiger partial charge on any atom is 0.414 e. The summed E-state index contributed by atoms with van der Waals surface area (Å²) in [5, 5.41) is 73.1. The molecule has 76 heavy (non-hydrogen) atoms. The molecule has 5 aliphatic rings. The third-order valence-corrected chi connectivity index (χ3v) is 15.0. The van der Waals surface area contributed by atoms with Gasteiger partial charge in [-0.15, -0.1) is 0 Å². The number of carbonyl (C=O) groups is 3. The van der Waals surface area contributed by atoms with Crippen LogP contribution in [0.2, 0.25) is 0 Å². The van der Waals surface area contributed by atoms with Crippen LogP contribution in [0.1, 0.15) is 70.0 Å². The van der Waals surface area contributed by atoms with E-state index in [1.165, 1.54) is 59.4 Å². The largest absolute Gasteiger partial charge is 0.507 e. The Balaban J connectivity index is 1.09. The van der Waals surface area contributed by atoms with Gasteiger partial charge >= 0.3 is 23.6 Å². The van der Waals surface area contributed by atoms with Crippen molar-refractivity contribution < 1.29 is 73.3 Å². The summed E-state index contributed by atoms with van der Waals surface area (Å²) in [7, 11) is 1.43. The number of Topliss-reactive ketones (excluding diaryl/α,β-unsaturated/α-hetero) is 1. The molecule has 1 fully saturated rings. The number of piperazine rings is 1. The summed E-state index contributed by atoms with van der Waals surface area (Å²) in [5.74, 6) is -8.12. The number of hydrogen-bond acceptors (Lipinski definition) is 19. The van der Waals surface area contributed by atoms with Crippen molar-refractivity contribution in [2.45, 2.75) is 105 Å². The molecule has 0 spiro atoms. The number of amides is 1. The van der Waals surface area contributed by atoms with Gasteiger partial charge in [-0.1, -0.05) is 58.1 Å². The summed E-state index contributed by atoms with van der Waals surface area (Å²) in [6, 6.07) is 7.71. The molecule has 4 aromatic rings. The van der Waals surface area contributed by atoms with E-state index >= 15 is 0 Å². The van der Waals surface area contributed by atoms with Gasteiger partial charge in [-0.3, -0.25) is 23.9 Å². The number of ether oxygens (including phenoxy) is 6. The lowest BCUT2D eigenvalue weighted by Gasteiger charge is -2.38. The molecule has 6 N–H and O–H groups in total. The van der Waals surface area contributed by atoms with Gasteiger partial charge in [0, 0.05) is 98.9 Å². The number of nitrogens with one attached hydrogen (secondary N) is 1. The third-order valence-electron chi connectivity index (χ3n) is 15.0. The number of benzene rings is 3. The molecule has 0 aliphatic carbocycles. The molecular weight excluding hydrogens is 989 g/mol. The smallest absolute Gasteiger partial charge is 0.414 e. The number of rotatable bonds is 9. The van der Waals surface area contributed by atoms with Gasteiger partial charge in [0.05, 0.1) is 42.1 Å². The quantitative estimate of drug-likeness (QED) is 0.0367. The fourth-order valence-electron chi connectivity index (χ4n) is 10.5. The van der Waals surface area contributed by atoms with Crippen LogP contribution in [0.15, 0.2) is 66.6 Å². The normalized spacial score (nSPS) is 28.9. The molecule has 22 heteroatoms. The highest BCUT2D eigenvalue weighted by molar-refractivity contribution is 6.23. The van der Waals surface area contributed by atoms with E-state index in [-0.39, 0.29) is 82.2 Å². The fraction of sp³-hybridized carbons (Fsp3) is 0.481. The number of phenolic OH excluding ortho intramolecular Hbond substituents is 3. The zero-order valence-corrected chi connectivity index (χ0v) is 43.9. The summed E-state index contributed by atoms with van der Waals surface area (Å²) in [6.45, 7) is 15.1. The first-order chi connectivity index (χ1) is 36.0. The number of anilines is 2. The second kappa shape index (κ2) is 22.1. The number of aromatic hydroxyl groups is 3. The maximum atomic E-state index is 14.8. The van der Waals surface area contributed by atoms with Crippen LogP contribution in [0.5, 0.6) is 34.8 Å². The number of aliphatic hydroxyl groups excluding tert-OH is 2. The number of aliphatic hydroxyl groups is 2. The zero-order chi connectivity index (χ0) is 55.1. The minimum absolute atomic E-state index is 0.00395. The number of nitrogens with zero attached hydrogens (tertiary/aromatic N) is 5. The van der Waals surface area contributed by atoms with Crippen molar-refractivity contribution >= 4 is 45.6 Å². The average Bonchev–Trinajstić information content (AvgIpc) is 4.14. The van der Waals surface area contributed by atoms with Gasteiger partial charge in [-0.25, -0.2) is 0 Å². The van der Waals surface area contributed by atoms with E-state index in [4.69, 9.17) is 28.4 Å². The molecule has 0 saturated carbocycles. The molecule has 5 bridgehead atoms. The number of nitro groups is 1. The van der Waals surface area contributed by atoms with Crippen molar-refractivity contribution in [2.75, 3.05) is 50.1 Å². The monoisotopic (exact) mass is 1050 g/mol. The van der Waals surface area contributed by atoms with Crippen molar-refractivity contribution in [1.29, 1.82) is 0 Å². The predicted molar refractivity (Wildman–Crippen MR) is 277 cm³/mol. The number of imidazole rings is 1. The molecular formula is C54H66N6O16. The van der Waals surface area contributed by atoms with E-state index in [1.54, 1.807) is 49.3 Å². The number of fused-ring (bicyclic) bond motifs is 15. The Labute approximate surface area is 438 Å². The van der Waals surface area contributed by atoms with E-state index < -0.39 is 93.7 Å². The van der Waals surface area contributed by atoms with Crippen LogP contribution in [-0.2, 0) is 36.9 Å². The minimum Gasteiger partial charge on any atom is -0.507 e. The molecule has 408 valence electrons. The molecule has 5 aliphatic heterocycles. The molecule has 10 atom stereocenters. The Hall–Kier alpha value is -7.40. The molecule has 1 unspecified atom stereocenters. The Morgan fingerprint density at radius 3 is 2.29 bits per heavy atom. The highest BCUT2D eigenvalue weighted by Crippen LogP contribution is 2.58. The summed E-state index contributed by atoms with van der Waals surface area (Å²) in [4.78, 5) is 59.7. The molecule has 1 aromatic heterocycles. The van der Waals surface area contributed by atoms with Crippen molar-refractivity contribution in [2.24, 2.45) is 23.7 Å². The molecule has 6 heterocycles. The van der Waals surface area contributed by atoms with Crippen molar-refractivity contribution in [3.63, 3.8) is 0 Å². The van der Waals surface area contributed by atoms with Crippen molar-refractivity contribution in [3.8, 4) is 34.8 Å². The Morgan fingerprint density at radius 2 is 1.64 bits per heavy atom.